The van der Waals surface area contributed by atoms with Crippen molar-refractivity contribution >= 4 is 11.6 Å². The van der Waals surface area contributed by atoms with Crippen molar-refractivity contribution in [2.75, 3.05) is 19.7 Å². The largest absolute Gasteiger partial charge is 0.394 e. The van der Waals surface area contributed by atoms with Crippen LogP contribution in [-0.2, 0) is 9.63 Å². The lowest BCUT2D eigenvalue weighted by molar-refractivity contribution is -0.131. The molecule has 4 nitrogen and oxygen atoms in total. The number of benzene rings is 1. The minimum absolute atomic E-state index is 0.245. The van der Waals surface area contributed by atoms with Crippen LogP contribution in [0, 0.1) is 0 Å². The molecule has 0 bridgehead atoms. The van der Waals surface area contributed by atoms with Crippen molar-refractivity contribution in [3.05, 3.63) is 35.9 Å². The van der Waals surface area contributed by atoms with Gasteiger partial charge < -0.3 is 9.74 Å². The lowest BCUT2D eigenvalue weighted by atomic mass is 10.1. The molecule has 0 aromatic heterocycles. The predicted molar refractivity (Wildman–Crippen MR) is 79.7 cm³/mol. The van der Waals surface area contributed by atoms with E-state index in [0.29, 0.717) is 19.6 Å². The maximum Gasteiger partial charge on any atom is 0.222 e. The molecule has 1 fully saturated rings. The first-order chi connectivity index (χ1) is 9.77. The monoisotopic (exact) mass is 274 g/mol. The highest BCUT2D eigenvalue weighted by atomic mass is 16.6. The quantitative estimate of drug-likeness (QED) is 0.470. The predicted octanol–water partition coefficient (Wildman–Crippen LogP) is 2.83. The molecular weight excluding hydrogens is 252 g/mol. The fraction of sp³-hybridized carbons (Fsp3) is 0.500. The summed E-state index contributed by atoms with van der Waals surface area (Å²) in [5.74, 6) is 0.245. The van der Waals surface area contributed by atoms with Crippen molar-refractivity contribution in [2.45, 2.75) is 32.6 Å². The normalized spacial score (nSPS) is 16.9. The van der Waals surface area contributed by atoms with Crippen LogP contribution < -0.4 is 0 Å². The van der Waals surface area contributed by atoms with Gasteiger partial charge in [-0.05, 0) is 25.3 Å². The van der Waals surface area contributed by atoms with Gasteiger partial charge >= 0.3 is 0 Å². The van der Waals surface area contributed by atoms with Crippen LogP contribution in [0.25, 0.3) is 0 Å². The average molecular weight is 274 g/mol. The molecule has 1 aromatic carbocycles. The summed E-state index contributed by atoms with van der Waals surface area (Å²) in [6.45, 7) is 3.86. The molecular formula is C16H22N2O2. The van der Waals surface area contributed by atoms with Crippen LogP contribution in [0.3, 0.4) is 0 Å². The molecule has 0 unspecified atom stereocenters. The number of hydrogen-bond acceptors (Lipinski definition) is 3. The Kier molecular flexibility index (Phi) is 5.59. The zero-order valence-corrected chi connectivity index (χ0v) is 12.0. The Hall–Kier alpha value is -1.84. The maximum atomic E-state index is 11.8. The van der Waals surface area contributed by atoms with E-state index >= 15 is 0 Å². The maximum absolute atomic E-state index is 11.8. The number of nitrogens with zero attached hydrogens (tertiary/aromatic N) is 2. The van der Waals surface area contributed by atoms with E-state index in [0.717, 1.165) is 37.1 Å². The SMILES string of the molecule is C/C(=N\OCCN1CCCCCC1=O)c1ccccc1. The Morgan fingerprint density at radius 2 is 2.05 bits per heavy atom. The van der Waals surface area contributed by atoms with Gasteiger partial charge in [0.05, 0.1) is 12.3 Å². The van der Waals surface area contributed by atoms with Crippen molar-refractivity contribution in [2.24, 2.45) is 5.16 Å². The fourth-order valence-corrected chi connectivity index (χ4v) is 2.30. The van der Waals surface area contributed by atoms with Gasteiger partial charge in [0.2, 0.25) is 5.91 Å². The molecule has 1 amide bonds. The standard InChI is InChI=1S/C16H22N2O2/c1-14(15-8-4-2-5-9-15)17-20-13-12-18-11-7-3-6-10-16(18)19/h2,4-5,8-9H,3,6-7,10-13H2,1H3/b17-14+. The summed E-state index contributed by atoms with van der Waals surface area (Å²) in [6, 6.07) is 9.93. The second-order valence-electron chi connectivity index (χ2n) is 5.07. The van der Waals surface area contributed by atoms with Gasteiger partial charge in [-0.2, -0.15) is 0 Å². The Balaban J connectivity index is 1.76. The number of hydrogen-bond donors (Lipinski definition) is 0. The lowest BCUT2D eigenvalue weighted by Crippen LogP contribution is -2.33. The molecule has 108 valence electrons. The van der Waals surface area contributed by atoms with Crippen LogP contribution in [0.4, 0.5) is 0 Å². The minimum atomic E-state index is 0.245. The molecule has 0 radical (unpaired) electrons. The average Bonchev–Trinajstić information content (AvgIpc) is 2.69. The third-order valence-electron chi connectivity index (χ3n) is 3.52. The molecule has 1 aromatic rings. The van der Waals surface area contributed by atoms with Crippen molar-refractivity contribution in [3.63, 3.8) is 0 Å². The summed E-state index contributed by atoms with van der Waals surface area (Å²) in [5.41, 5.74) is 1.91. The van der Waals surface area contributed by atoms with Crippen molar-refractivity contribution in [1.29, 1.82) is 0 Å². The number of carbonyl (C=O) groups excluding carboxylic acids is 1. The highest BCUT2D eigenvalue weighted by Gasteiger charge is 2.15. The van der Waals surface area contributed by atoms with E-state index in [1.807, 2.05) is 42.2 Å². The van der Waals surface area contributed by atoms with Gasteiger partial charge in [-0.3, -0.25) is 4.79 Å². The fourth-order valence-electron chi connectivity index (χ4n) is 2.30. The van der Waals surface area contributed by atoms with Gasteiger partial charge in [-0.15, -0.1) is 0 Å². The third-order valence-corrected chi connectivity index (χ3v) is 3.52. The van der Waals surface area contributed by atoms with Crippen LogP contribution in [0.15, 0.2) is 35.5 Å². The number of oxime groups is 1. The highest BCUT2D eigenvalue weighted by Crippen LogP contribution is 2.10. The minimum Gasteiger partial charge on any atom is -0.394 e. The summed E-state index contributed by atoms with van der Waals surface area (Å²) in [4.78, 5) is 19.0. The van der Waals surface area contributed by atoms with E-state index in [1.165, 1.54) is 0 Å². The second-order valence-corrected chi connectivity index (χ2v) is 5.07. The molecule has 1 aliphatic rings. The van der Waals surface area contributed by atoms with E-state index < -0.39 is 0 Å². The number of amides is 1. The number of likely N-dealkylation sites (tertiary alicyclic amines) is 1. The molecule has 1 aliphatic heterocycles. The van der Waals surface area contributed by atoms with Crippen LogP contribution in [0.5, 0.6) is 0 Å². The van der Waals surface area contributed by atoms with E-state index in [-0.39, 0.29) is 5.91 Å². The Labute approximate surface area is 120 Å². The summed E-state index contributed by atoms with van der Waals surface area (Å²) >= 11 is 0. The summed E-state index contributed by atoms with van der Waals surface area (Å²) < 4.78 is 0. The first-order valence-corrected chi connectivity index (χ1v) is 7.27. The van der Waals surface area contributed by atoms with Crippen molar-refractivity contribution in [1.82, 2.24) is 4.90 Å². The van der Waals surface area contributed by atoms with Gasteiger partial charge in [0.25, 0.3) is 0 Å². The van der Waals surface area contributed by atoms with Crippen LogP contribution >= 0.6 is 0 Å². The molecule has 4 heteroatoms. The van der Waals surface area contributed by atoms with Gasteiger partial charge in [-0.25, -0.2) is 0 Å². The first kappa shape index (κ1) is 14.6. The Morgan fingerprint density at radius 3 is 2.85 bits per heavy atom. The van der Waals surface area contributed by atoms with Gasteiger partial charge in [0.1, 0.15) is 6.61 Å². The summed E-state index contributed by atoms with van der Waals surface area (Å²) in [6.07, 6.45) is 3.93. The molecule has 0 atom stereocenters. The van der Waals surface area contributed by atoms with Crippen molar-refractivity contribution in [3.8, 4) is 0 Å². The van der Waals surface area contributed by atoms with Crippen LogP contribution in [0.2, 0.25) is 0 Å². The molecule has 0 aliphatic carbocycles. The van der Waals surface area contributed by atoms with Crippen LogP contribution in [0.1, 0.15) is 38.2 Å². The molecule has 0 N–H and O–H groups in total. The van der Waals surface area contributed by atoms with Gasteiger partial charge in [0, 0.05) is 13.0 Å². The molecule has 1 saturated heterocycles. The zero-order valence-electron chi connectivity index (χ0n) is 12.0. The highest BCUT2D eigenvalue weighted by molar-refractivity contribution is 5.98. The summed E-state index contributed by atoms with van der Waals surface area (Å²) in [7, 11) is 0. The molecule has 0 saturated carbocycles. The third kappa shape index (κ3) is 4.37. The Bertz CT molecular complexity index is 457. The van der Waals surface area contributed by atoms with E-state index in [1.54, 1.807) is 0 Å². The van der Waals surface area contributed by atoms with Crippen molar-refractivity contribution < 1.29 is 9.63 Å². The topological polar surface area (TPSA) is 41.9 Å². The Morgan fingerprint density at radius 1 is 1.25 bits per heavy atom. The zero-order chi connectivity index (χ0) is 14.2. The smallest absolute Gasteiger partial charge is 0.222 e. The number of carbonyl (C=O) groups is 1. The molecule has 1 heterocycles. The second kappa shape index (κ2) is 7.68. The summed E-state index contributed by atoms with van der Waals surface area (Å²) in [5, 5.41) is 4.11. The van der Waals surface area contributed by atoms with Crippen LogP contribution in [-0.4, -0.2) is 36.2 Å². The van der Waals surface area contributed by atoms with Gasteiger partial charge in [0.15, 0.2) is 0 Å². The van der Waals surface area contributed by atoms with E-state index in [2.05, 4.69) is 5.16 Å². The van der Waals surface area contributed by atoms with E-state index in [4.69, 9.17) is 4.84 Å². The first-order valence-electron chi connectivity index (χ1n) is 7.27. The molecule has 0 spiro atoms. The van der Waals surface area contributed by atoms with Gasteiger partial charge in [-0.1, -0.05) is 41.9 Å². The molecule has 2 rings (SSSR count). The molecule has 20 heavy (non-hydrogen) atoms. The lowest BCUT2D eigenvalue weighted by Gasteiger charge is -2.19. The number of rotatable bonds is 5. The van der Waals surface area contributed by atoms with E-state index in [9.17, 15) is 4.79 Å².